The monoisotopic (exact) mass is 295 g/mol. The normalized spacial score (nSPS) is 14.0. The van der Waals surface area contributed by atoms with E-state index in [0.717, 1.165) is 48.3 Å². The standard InChI is InChI=1S/C16H17N5O/c22-16(15-12-6-1-2-7-13(12)19-20-15)18-10-14-17-9-11-5-3-4-8-21(11)14/h3-5,8-9H,1-2,6-7,10H2,(H,18,22)(H,19,20). The average Bonchev–Trinajstić information content (AvgIpc) is 3.17. The predicted octanol–water partition coefficient (Wildman–Crippen LogP) is 1.87. The van der Waals surface area contributed by atoms with Gasteiger partial charge in [-0.1, -0.05) is 6.07 Å². The predicted molar refractivity (Wildman–Crippen MR) is 81.6 cm³/mol. The van der Waals surface area contributed by atoms with Gasteiger partial charge < -0.3 is 9.72 Å². The summed E-state index contributed by atoms with van der Waals surface area (Å²) in [5.41, 5.74) is 3.75. The number of rotatable bonds is 3. The largest absolute Gasteiger partial charge is 0.343 e. The summed E-state index contributed by atoms with van der Waals surface area (Å²) in [6.45, 7) is 0.388. The van der Waals surface area contributed by atoms with E-state index >= 15 is 0 Å². The molecule has 22 heavy (non-hydrogen) atoms. The van der Waals surface area contributed by atoms with Gasteiger partial charge in [0.1, 0.15) is 5.82 Å². The SMILES string of the molecule is O=C(NCc1ncc2ccccn12)c1n[nH]c2c1CCCC2. The summed E-state index contributed by atoms with van der Waals surface area (Å²) in [6, 6.07) is 5.90. The van der Waals surface area contributed by atoms with Crippen molar-refractivity contribution in [3.63, 3.8) is 0 Å². The van der Waals surface area contributed by atoms with Crippen LogP contribution in [0.5, 0.6) is 0 Å². The van der Waals surface area contributed by atoms with Gasteiger partial charge in [-0.05, 0) is 37.8 Å². The summed E-state index contributed by atoms with van der Waals surface area (Å²) in [5, 5.41) is 10.1. The van der Waals surface area contributed by atoms with Crippen LogP contribution in [-0.4, -0.2) is 25.5 Å². The zero-order valence-corrected chi connectivity index (χ0v) is 12.2. The Morgan fingerprint density at radius 1 is 1.32 bits per heavy atom. The van der Waals surface area contributed by atoms with Crippen LogP contribution in [0, 0.1) is 0 Å². The summed E-state index contributed by atoms with van der Waals surface area (Å²) in [6.07, 6.45) is 7.95. The van der Waals surface area contributed by atoms with E-state index in [1.807, 2.05) is 28.8 Å². The number of carbonyl (C=O) groups is 1. The highest BCUT2D eigenvalue weighted by Gasteiger charge is 2.21. The summed E-state index contributed by atoms with van der Waals surface area (Å²) in [4.78, 5) is 16.7. The minimum Gasteiger partial charge on any atom is -0.343 e. The number of aryl methyl sites for hydroxylation is 1. The van der Waals surface area contributed by atoms with Gasteiger partial charge >= 0.3 is 0 Å². The van der Waals surface area contributed by atoms with Gasteiger partial charge in [-0.2, -0.15) is 5.10 Å². The van der Waals surface area contributed by atoms with Crippen LogP contribution in [0.15, 0.2) is 30.6 Å². The number of hydrogen-bond donors (Lipinski definition) is 2. The number of imidazole rings is 1. The molecule has 0 aliphatic heterocycles. The van der Waals surface area contributed by atoms with Crippen LogP contribution in [0.25, 0.3) is 5.52 Å². The highest BCUT2D eigenvalue weighted by molar-refractivity contribution is 5.93. The molecule has 3 aromatic rings. The molecule has 0 fully saturated rings. The number of amides is 1. The topological polar surface area (TPSA) is 75.1 Å². The Bertz CT molecular complexity index is 832. The molecule has 0 unspecified atom stereocenters. The number of aromatic nitrogens is 4. The number of aromatic amines is 1. The lowest BCUT2D eigenvalue weighted by Crippen LogP contribution is -2.25. The molecule has 1 aliphatic carbocycles. The smallest absolute Gasteiger partial charge is 0.272 e. The molecule has 0 saturated carbocycles. The van der Waals surface area contributed by atoms with E-state index in [0.29, 0.717) is 12.2 Å². The summed E-state index contributed by atoms with van der Waals surface area (Å²) in [5.74, 6) is 0.681. The number of nitrogens with one attached hydrogen (secondary N) is 2. The fourth-order valence-corrected chi connectivity index (χ4v) is 3.04. The van der Waals surface area contributed by atoms with Gasteiger partial charge in [0.15, 0.2) is 5.69 Å². The first-order chi connectivity index (χ1) is 10.8. The molecule has 0 atom stereocenters. The van der Waals surface area contributed by atoms with Crippen molar-refractivity contribution in [2.24, 2.45) is 0 Å². The van der Waals surface area contributed by atoms with E-state index in [1.54, 1.807) is 6.20 Å². The van der Waals surface area contributed by atoms with E-state index in [2.05, 4.69) is 20.5 Å². The molecule has 3 heterocycles. The maximum atomic E-state index is 12.4. The highest BCUT2D eigenvalue weighted by atomic mass is 16.1. The fraction of sp³-hybridized carbons (Fsp3) is 0.312. The minimum absolute atomic E-state index is 0.132. The van der Waals surface area contributed by atoms with Crippen molar-refractivity contribution in [2.45, 2.75) is 32.2 Å². The first-order valence-electron chi connectivity index (χ1n) is 7.58. The third-order valence-corrected chi connectivity index (χ3v) is 4.19. The molecule has 4 rings (SSSR count). The first-order valence-corrected chi connectivity index (χ1v) is 7.58. The molecule has 0 radical (unpaired) electrons. The maximum Gasteiger partial charge on any atom is 0.272 e. The van der Waals surface area contributed by atoms with Crippen molar-refractivity contribution < 1.29 is 4.79 Å². The van der Waals surface area contributed by atoms with Gasteiger partial charge in [-0.25, -0.2) is 4.98 Å². The van der Waals surface area contributed by atoms with E-state index in [4.69, 9.17) is 0 Å². The Hall–Kier alpha value is -2.63. The van der Waals surface area contributed by atoms with Crippen LogP contribution in [0.2, 0.25) is 0 Å². The molecule has 0 bridgehead atoms. The second-order valence-electron chi connectivity index (χ2n) is 5.59. The van der Waals surface area contributed by atoms with E-state index in [1.165, 1.54) is 0 Å². The number of nitrogens with zero attached hydrogens (tertiary/aromatic N) is 3. The minimum atomic E-state index is -0.132. The fourth-order valence-electron chi connectivity index (χ4n) is 3.04. The van der Waals surface area contributed by atoms with Crippen molar-refractivity contribution in [1.29, 1.82) is 0 Å². The van der Waals surface area contributed by atoms with Crippen LogP contribution >= 0.6 is 0 Å². The first kappa shape index (κ1) is 13.1. The van der Waals surface area contributed by atoms with Gasteiger partial charge in [0.2, 0.25) is 0 Å². The van der Waals surface area contributed by atoms with Gasteiger partial charge in [0.05, 0.1) is 18.3 Å². The Morgan fingerprint density at radius 2 is 2.23 bits per heavy atom. The molecule has 3 aromatic heterocycles. The molecule has 1 aliphatic rings. The Morgan fingerprint density at radius 3 is 3.18 bits per heavy atom. The molecule has 6 nitrogen and oxygen atoms in total. The van der Waals surface area contributed by atoms with Crippen LogP contribution < -0.4 is 5.32 Å². The Labute approximate surface area is 127 Å². The number of pyridine rings is 1. The second kappa shape index (κ2) is 5.29. The lowest BCUT2D eigenvalue weighted by molar-refractivity contribution is 0.0943. The van der Waals surface area contributed by atoms with Crippen molar-refractivity contribution in [3.8, 4) is 0 Å². The number of carbonyl (C=O) groups excluding carboxylic acids is 1. The molecule has 1 amide bonds. The zero-order chi connectivity index (χ0) is 14.9. The Kier molecular flexibility index (Phi) is 3.14. The molecule has 0 saturated heterocycles. The average molecular weight is 295 g/mol. The number of hydrogen-bond acceptors (Lipinski definition) is 3. The van der Waals surface area contributed by atoms with Gasteiger partial charge in [-0.3, -0.25) is 9.89 Å². The molecule has 2 N–H and O–H groups in total. The van der Waals surface area contributed by atoms with Gasteiger partial charge in [-0.15, -0.1) is 0 Å². The third-order valence-electron chi connectivity index (χ3n) is 4.19. The van der Waals surface area contributed by atoms with Crippen molar-refractivity contribution in [2.75, 3.05) is 0 Å². The van der Waals surface area contributed by atoms with Crippen molar-refractivity contribution >= 4 is 11.4 Å². The summed E-state index contributed by atoms with van der Waals surface area (Å²) >= 11 is 0. The van der Waals surface area contributed by atoms with Crippen molar-refractivity contribution in [1.82, 2.24) is 24.9 Å². The lowest BCUT2D eigenvalue weighted by atomic mass is 9.96. The van der Waals surface area contributed by atoms with Crippen LogP contribution in [0.4, 0.5) is 0 Å². The van der Waals surface area contributed by atoms with Crippen LogP contribution in [0.1, 0.15) is 40.4 Å². The molecular weight excluding hydrogens is 278 g/mol. The molecule has 112 valence electrons. The number of H-pyrrole nitrogens is 1. The van der Waals surface area contributed by atoms with E-state index in [9.17, 15) is 4.79 Å². The van der Waals surface area contributed by atoms with Crippen LogP contribution in [0.3, 0.4) is 0 Å². The quantitative estimate of drug-likeness (QED) is 0.774. The highest BCUT2D eigenvalue weighted by Crippen LogP contribution is 2.22. The summed E-state index contributed by atoms with van der Waals surface area (Å²) < 4.78 is 1.97. The third kappa shape index (κ3) is 2.16. The molecular formula is C16H17N5O. The molecule has 6 heteroatoms. The van der Waals surface area contributed by atoms with Crippen LogP contribution in [-0.2, 0) is 19.4 Å². The van der Waals surface area contributed by atoms with Gasteiger partial charge in [0.25, 0.3) is 5.91 Å². The maximum absolute atomic E-state index is 12.4. The van der Waals surface area contributed by atoms with E-state index in [-0.39, 0.29) is 5.91 Å². The molecule has 0 spiro atoms. The Balaban J connectivity index is 1.52. The lowest BCUT2D eigenvalue weighted by Gasteiger charge is -2.11. The number of fused-ring (bicyclic) bond motifs is 2. The zero-order valence-electron chi connectivity index (χ0n) is 12.2. The van der Waals surface area contributed by atoms with E-state index < -0.39 is 0 Å². The molecule has 0 aromatic carbocycles. The second-order valence-corrected chi connectivity index (χ2v) is 5.59. The summed E-state index contributed by atoms with van der Waals surface area (Å²) in [7, 11) is 0. The van der Waals surface area contributed by atoms with Crippen molar-refractivity contribution in [3.05, 3.63) is 53.4 Å². The van der Waals surface area contributed by atoms with Gasteiger partial charge in [0, 0.05) is 17.5 Å².